The highest BCUT2D eigenvalue weighted by molar-refractivity contribution is 6.28. The smallest absolute Gasteiger partial charge is 0.258 e. The van der Waals surface area contributed by atoms with Gasteiger partial charge in [-0.05, 0) is 31.1 Å². The van der Waals surface area contributed by atoms with Crippen molar-refractivity contribution in [3.63, 3.8) is 0 Å². The Balaban J connectivity index is 2.40. The topological polar surface area (TPSA) is 46.2 Å². The van der Waals surface area contributed by atoms with Gasteiger partial charge in [-0.3, -0.25) is 14.9 Å². The van der Waals surface area contributed by atoms with Crippen LogP contribution in [-0.2, 0) is 9.59 Å². The SMILES string of the molecule is C=C(C)C(=O)NC(=O)/C(=C/c1ccc(C)cc1)c1ccccc1. The lowest BCUT2D eigenvalue weighted by Crippen LogP contribution is -2.31. The molecule has 0 fully saturated rings. The number of hydrogen-bond donors (Lipinski definition) is 1. The normalized spacial score (nSPS) is 11.0. The molecule has 0 heterocycles. The Kier molecular flexibility index (Phi) is 5.26. The highest BCUT2D eigenvalue weighted by Gasteiger charge is 2.15. The maximum absolute atomic E-state index is 12.5. The van der Waals surface area contributed by atoms with Crippen molar-refractivity contribution in [1.82, 2.24) is 5.32 Å². The quantitative estimate of drug-likeness (QED) is 0.690. The average molecular weight is 305 g/mol. The fourth-order valence-corrected chi connectivity index (χ4v) is 2.00. The summed E-state index contributed by atoms with van der Waals surface area (Å²) in [6, 6.07) is 17.1. The van der Waals surface area contributed by atoms with E-state index in [2.05, 4.69) is 11.9 Å². The fourth-order valence-electron chi connectivity index (χ4n) is 2.00. The molecule has 0 unspecified atom stereocenters. The van der Waals surface area contributed by atoms with Crippen molar-refractivity contribution in [3.05, 3.63) is 83.4 Å². The minimum atomic E-state index is -0.472. The van der Waals surface area contributed by atoms with Crippen LogP contribution in [0.4, 0.5) is 0 Å². The first kappa shape index (κ1) is 16.4. The van der Waals surface area contributed by atoms with Gasteiger partial charge in [0.25, 0.3) is 11.8 Å². The van der Waals surface area contributed by atoms with Crippen LogP contribution in [-0.4, -0.2) is 11.8 Å². The largest absolute Gasteiger partial charge is 0.288 e. The lowest BCUT2D eigenvalue weighted by atomic mass is 10.0. The van der Waals surface area contributed by atoms with Crippen LogP contribution in [0.25, 0.3) is 11.6 Å². The molecule has 0 bridgehead atoms. The molecule has 0 aromatic heterocycles. The van der Waals surface area contributed by atoms with Crippen molar-refractivity contribution in [3.8, 4) is 0 Å². The van der Waals surface area contributed by atoms with E-state index in [-0.39, 0.29) is 0 Å². The van der Waals surface area contributed by atoms with E-state index in [1.165, 1.54) is 0 Å². The zero-order valence-electron chi connectivity index (χ0n) is 13.3. The predicted molar refractivity (Wildman–Crippen MR) is 93.5 cm³/mol. The van der Waals surface area contributed by atoms with Crippen LogP contribution >= 0.6 is 0 Å². The van der Waals surface area contributed by atoms with Crippen molar-refractivity contribution in [2.75, 3.05) is 0 Å². The Morgan fingerprint density at radius 2 is 1.57 bits per heavy atom. The number of benzene rings is 2. The van der Waals surface area contributed by atoms with Crippen LogP contribution < -0.4 is 5.32 Å². The molecule has 3 nitrogen and oxygen atoms in total. The number of rotatable bonds is 4. The molecule has 0 radical (unpaired) electrons. The summed E-state index contributed by atoms with van der Waals surface area (Å²) in [6.07, 6.45) is 1.77. The Morgan fingerprint density at radius 1 is 0.957 bits per heavy atom. The zero-order valence-corrected chi connectivity index (χ0v) is 13.3. The van der Waals surface area contributed by atoms with Gasteiger partial charge >= 0.3 is 0 Å². The van der Waals surface area contributed by atoms with Crippen molar-refractivity contribution < 1.29 is 9.59 Å². The molecule has 0 aliphatic rings. The number of nitrogens with one attached hydrogen (secondary N) is 1. The number of aryl methyl sites for hydroxylation is 1. The van der Waals surface area contributed by atoms with E-state index in [9.17, 15) is 9.59 Å². The molecule has 0 aliphatic carbocycles. The van der Waals surface area contributed by atoms with E-state index in [1.54, 1.807) is 13.0 Å². The lowest BCUT2D eigenvalue weighted by Gasteiger charge is -2.09. The van der Waals surface area contributed by atoms with Gasteiger partial charge in [0.1, 0.15) is 0 Å². The van der Waals surface area contributed by atoms with Gasteiger partial charge in [-0.25, -0.2) is 0 Å². The van der Waals surface area contributed by atoms with Gasteiger partial charge < -0.3 is 0 Å². The van der Waals surface area contributed by atoms with Crippen molar-refractivity contribution in [2.45, 2.75) is 13.8 Å². The summed E-state index contributed by atoms with van der Waals surface area (Å²) < 4.78 is 0. The predicted octanol–water partition coefficient (Wildman–Crippen LogP) is 3.75. The molecule has 2 rings (SSSR count). The highest BCUT2D eigenvalue weighted by atomic mass is 16.2. The zero-order chi connectivity index (χ0) is 16.8. The van der Waals surface area contributed by atoms with Crippen molar-refractivity contribution in [1.29, 1.82) is 0 Å². The third-order valence-electron chi connectivity index (χ3n) is 3.33. The molecule has 0 spiro atoms. The third-order valence-corrected chi connectivity index (χ3v) is 3.33. The van der Waals surface area contributed by atoms with E-state index < -0.39 is 11.8 Å². The van der Waals surface area contributed by atoms with Gasteiger partial charge in [-0.2, -0.15) is 0 Å². The van der Waals surface area contributed by atoms with Gasteiger partial charge in [0.15, 0.2) is 0 Å². The summed E-state index contributed by atoms with van der Waals surface area (Å²) in [4.78, 5) is 24.2. The minimum absolute atomic E-state index is 0.293. The third kappa shape index (κ3) is 4.51. The molecule has 1 N–H and O–H groups in total. The molecule has 0 aliphatic heterocycles. The van der Waals surface area contributed by atoms with E-state index >= 15 is 0 Å². The molecular formula is C20H19NO2. The Bertz CT molecular complexity index is 756. The summed E-state index contributed by atoms with van der Waals surface area (Å²) in [6.45, 7) is 7.12. The van der Waals surface area contributed by atoms with Gasteiger partial charge in [0.05, 0.1) is 0 Å². The molecule has 2 aromatic rings. The molecule has 0 saturated heterocycles. The van der Waals surface area contributed by atoms with Crippen LogP contribution in [0.15, 0.2) is 66.7 Å². The molecule has 23 heavy (non-hydrogen) atoms. The van der Waals surface area contributed by atoms with Crippen LogP contribution in [0.5, 0.6) is 0 Å². The molecule has 0 atom stereocenters. The van der Waals surface area contributed by atoms with Crippen molar-refractivity contribution >= 4 is 23.5 Å². The Hall–Kier alpha value is -2.94. The van der Waals surface area contributed by atoms with Gasteiger partial charge in [0.2, 0.25) is 0 Å². The Labute approximate surface area is 136 Å². The fraction of sp³-hybridized carbons (Fsp3) is 0.100. The van der Waals surface area contributed by atoms with Gasteiger partial charge in [-0.15, -0.1) is 0 Å². The summed E-state index contributed by atoms with van der Waals surface area (Å²) in [5.74, 6) is -0.912. The van der Waals surface area contributed by atoms with Crippen molar-refractivity contribution in [2.24, 2.45) is 0 Å². The van der Waals surface area contributed by atoms with Crippen LogP contribution in [0.1, 0.15) is 23.6 Å². The maximum atomic E-state index is 12.5. The molecule has 2 aromatic carbocycles. The van der Waals surface area contributed by atoms with Gasteiger partial charge in [-0.1, -0.05) is 66.7 Å². The highest BCUT2D eigenvalue weighted by Crippen LogP contribution is 2.19. The van der Waals surface area contributed by atoms with Crippen LogP contribution in [0.2, 0.25) is 0 Å². The molecule has 3 heteroatoms. The lowest BCUT2D eigenvalue weighted by molar-refractivity contribution is -0.125. The van der Waals surface area contributed by atoms with Crippen LogP contribution in [0.3, 0.4) is 0 Å². The minimum Gasteiger partial charge on any atom is -0.288 e. The van der Waals surface area contributed by atoms with E-state index in [0.717, 1.165) is 16.7 Å². The molecule has 116 valence electrons. The van der Waals surface area contributed by atoms with E-state index in [0.29, 0.717) is 11.1 Å². The summed E-state index contributed by atoms with van der Waals surface area (Å²) in [5.41, 5.74) is 3.52. The first-order chi connectivity index (χ1) is 11.0. The average Bonchev–Trinajstić information content (AvgIpc) is 2.54. The second-order valence-electron chi connectivity index (χ2n) is 5.40. The summed E-state index contributed by atoms with van der Waals surface area (Å²) in [7, 11) is 0. The number of carbonyl (C=O) groups is 2. The second-order valence-corrected chi connectivity index (χ2v) is 5.40. The first-order valence-electron chi connectivity index (χ1n) is 7.32. The van der Waals surface area contributed by atoms with E-state index in [1.807, 2.05) is 61.5 Å². The number of hydrogen-bond acceptors (Lipinski definition) is 2. The first-order valence-corrected chi connectivity index (χ1v) is 7.32. The number of amides is 2. The second kappa shape index (κ2) is 7.36. The number of imide groups is 1. The summed E-state index contributed by atoms with van der Waals surface area (Å²) in [5, 5.41) is 2.36. The van der Waals surface area contributed by atoms with E-state index in [4.69, 9.17) is 0 Å². The monoisotopic (exact) mass is 305 g/mol. The maximum Gasteiger partial charge on any atom is 0.258 e. The van der Waals surface area contributed by atoms with Gasteiger partial charge in [0, 0.05) is 11.1 Å². The number of carbonyl (C=O) groups excluding carboxylic acids is 2. The Morgan fingerprint density at radius 3 is 2.13 bits per heavy atom. The standard InChI is InChI=1S/C20H19NO2/c1-14(2)19(22)21-20(23)18(17-7-5-4-6-8-17)13-16-11-9-15(3)10-12-16/h4-13H,1H2,2-3H3,(H,21,22,23)/b18-13+. The summed E-state index contributed by atoms with van der Waals surface area (Å²) >= 11 is 0. The molecule has 0 saturated carbocycles. The molecule has 2 amide bonds. The van der Waals surface area contributed by atoms with Crippen LogP contribution in [0, 0.1) is 6.92 Å². The molecular weight excluding hydrogens is 286 g/mol.